The van der Waals surface area contributed by atoms with E-state index in [2.05, 4.69) is 4.98 Å². The Balaban J connectivity index is 1.83. The van der Waals surface area contributed by atoms with Crippen LogP contribution in [0.1, 0.15) is 9.67 Å². The average Bonchev–Trinajstić information content (AvgIpc) is 3.45. The number of fused-ring (bicyclic) bond motifs is 2. The Bertz CT molecular complexity index is 1950. The number of aromatic amines is 1. The van der Waals surface area contributed by atoms with Crippen molar-refractivity contribution in [1.29, 1.82) is 0 Å². The second-order valence-electron chi connectivity index (χ2n) is 7.48. The van der Waals surface area contributed by atoms with E-state index in [1.165, 1.54) is 23.6 Å². The normalized spacial score (nSPS) is 11.9. The number of carbonyl (C=O) groups is 1. The summed E-state index contributed by atoms with van der Waals surface area (Å²) in [6.45, 7) is 0. The number of benzene rings is 2. The third kappa shape index (κ3) is 3.33. The van der Waals surface area contributed by atoms with Crippen LogP contribution < -0.4 is 16.0 Å². The van der Waals surface area contributed by atoms with Gasteiger partial charge in [0.1, 0.15) is 21.3 Å². The predicted octanol–water partition coefficient (Wildman–Crippen LogP) is 2.92. The highest BCUT2D eigenvalue weighted by atomic mass is 32.2. The molecule has 3 aromatic heterocycles. The van der Waals surface area contributed by atoms with Crippen molar-refractivity contribution in [3.8, 4) is 11.4 Å². The van der Waals surface area contributed by atoms with Gasteiger partial charge in [-0.25, -0.2) is 35.3 Å². The Kier molecular flexibility index (Phi) is 5.30. The van der Waals surface area contributed by atoms with Crippen LogP contribution in [0.3, 0.4) is 0 Å². The van der Waals surface area contributed by atoms with Gasteiger partial charge in [-0.2, -0.15) is 0 Å². The van der Waals surface area contributed by atoms with Gasteiger partial charge in [0.05, 0.1) is 29.2 Å². The zero-order valence-corrected chi connectivity index (χ0v) is 19.6. The number of rotatable bonds is 5. The molecule has 2 aromatic carbocycles. The van der Waals surface area contributed by atoms with Gasteiger partial charge in [0, 0.05) is 23.0 Å². The molecular weight excluding hydrogens is 520 g/mol. The Morgan fingerprint density at radius 3 is 2.58 bits per heavy atom. The largest absolute Gasteiger partial charge is 0.495 e. The number of H-pyrrole nitrogens is 1. The van der Waals surface area contributed by atoms with E-state index in [4.69, 9.17) is 4.74 Å². The highest BCUT2D eigenvalue weighted by Gasteiger charge is 2.28. The van der Waals surface area contributed by atoms with Gasteiger partial charge in [-0.05, 0) is 18.2 Å². The molecule has 184 valence electrons. The van der Waals surface area contributed by atoms with Gasteiger partial charge in [0.15, 0.2) is 5.82 Å². The molecular formula is C22H13F2N3O7S2. The fraction of sp³-hybridized carbons (Fsp3) is 0.0455. The lowest BCUT2D eigenvalue weighted by Crippen LogP contribution is -2.34. The Hall–Kier alpha value is -4.30. The molecule has 0 fully saturated rings. The molecule has 0 spiro atoms. The predicted molar refractivity (Wildman–Crippen MR) is 126 cm³/mol. The first-order valence-electron chi connectivity index (χ1n) is 9.95. The zero-order valence-electron chi connectivity index (χ0n) is 18.0. The van der Waals surface area contributed by atoms with Gasteiger partial charge < -0.3 is 14.8 Å². The van der Waals surface area contributed by atoms with Gasteiger partial charge in [-0.3, -0.25) is 4.79 Å². The maximum Gasteiger partial charge on any atom is 0.346 e. The van der Waals surface area contributed by atoms with Crippen molar-refractivity contribution in [3.63, 3.8) is 0 Å². The van der Waals surface area contributed by atoms with Crippen LogP contribution in [0.15, 0.2) is 62.5 Å². The van der Waals surface area contributed by atoms with Crippen molar-refractivity contribution in [2.75, 3.05) is 7.11 Å². The molecule has 0 bridgehead atoms. The first kappa shape index (κ1) is 23.4. The van der Waals surface area contributed by atoms with Crippen LogP contribution in [0.2, 0.25) is 0 Å². The van der Waals surface area contributed by atoms with Crippen LogP contribution in [0.25, 0.3) is 27.5 Å². The van der Waals surface area contributed by atoms with E-state index >= 15 is 4.39 Å². The average molecular weight is 533 g/mol. The fourth-order valence-corrected chi connectivity index (χ4v) is 6.25. The minimum Gasteiger partial charge on any atom is -0.495 e. The summed E-state index contributed by atoms with van der Waals surface area (Å²) in [4.78, 5) is 38.6. The van der Waals surface area contributed by atoms with E-state index in [9.17, 15) is 32.3 Å². The quantitative estimate of drug-likeness (QED) is 0.354. The maximum atomic E-state index is 15.1. The van der Waals surface area contributed by atoms with Gasteiger partial charge >= 0.3 is 11.7 Å². The number of para-hydroxylation sites is 1. The molecule has 0 saturated carbocycles. The highest BCUT2D eigenvalue weighted by Crippen LogP contribution is 2.33. The van der Waals surface area contributed by atoms with Crippen LogP contribution in [-0.2, 0) is 10.0 Å². The molecule has 0 aliphatic heterocycles. The highest BCUT2D eigenvalue weighted by molar-refractivity contribution is 7.90. The monoisotopic (exact) mass is 533 g/mol. The van der Waals surface area contributed by atoms with E-state index in [0.29, 0.717) is 32.0 Å². The smallest absolute Gasteiger partial charge is 0.346 e. The molecule has 36 heavy (non-hydrogen) atoms. The lowest BCUT2D eigenvalue weighted by atomic mass is 10.2. The number of carboxylic acids is 1. The van der Waals surface area contributed by atoms with Crippen LogP contribution in [0.4, 0.5) is 8.78 Å². The number of methoxy groups -OCH3 is 1. The van der Waals surface area contributed by atoms with Crippen molar-refractivity contribution >= 4 is 49.1 Å². The van der Waals surface area contributed by atoms with E-state index in [1.807, 2.05) is 0 Å². The number of thiophene rings is 1. The summed E-state index contributed by atoms with van der Waals surface area (Å²) in [5.74, 6) is -3.94. The fourth-order valence-electron chi connectivity index (χ4n) is 3.90. The SMILES string of the molecule is COc1cc(F)c(-n2c(=O)[nH]c3csc(C(=O)O)c3c2=O)cc1S(=O)(=O)n1ccc2cccc(F)c21. The summed E-state index contributed by atoms with van der Waals surface area (Å²) >= 11 is 0.685. The number of aromatic nitrogens is 3. The molecule has 0 radical (unpaired) electrons. The van der Waals surface area contributed by atoms with Gasteiger partial charge in [0.25, 0.3) is 15.6 Å². The van der Waals surface area contributed by atoms with E-state index in [-0.39, 0.29) is 21.8 Å². The lowest BCUT2D eigenvalue weighted by Gasteiger charge is -2.15. The number of nitrogens with zero attached hydrogens (tertiary/aromatic N) is 2. The van der Waals surface area contributed by atoms with Gasteiger partial charge in [-0.1, -0.05) is 12.1 Å². The molecule has 0 aliphatic carbocycles. The molecule has 0 unspecified atom stereocenters. The third-order valence-electron chi connectivity index (χ3n) is 5.49. The Labute approximate surface area is 203 Å². The molecule has 10 nitrogen and oxygen atoms in total. The molecule has 5 rings (SSSR count). The number of aromatic carboxylic acids is 1. The zero-order chi connectivity index (χ0) is 25.9. The van der Waals surface area contributed by atoms with Crippen molar-refractivity contribution in [2.45, 2.75) is 4.90 Å². The summed E-state index contributed by atoms with van der Waals surface area (Å²) in [6.07, 6.45) is 1.10. The van der Waals surface area contributed by atoms with Crippen molar-refractivity contribution in [1.82, 2.24) is 13.5 Å². The van der Waals surface area contributed by atoms with E-state index in [0.717, 1.165) is 19.4 Å². The number of halogens is 2. The van der Waals surface area contributed by atoms with E-state index in [1.54, 1.807) is 0 Å². The second-order valence-corrected chi connectivity index (χ2v) is 10.1. The Morgan fingerprint density at radius 1 is 1.14 bits per heavy atom. The topological polar surface area (TPSA) is 140 Å². The molecule has 2 N–H and O–H groups in total. The summed E-state index contributed by atoms with van der Waals surface area (Å²) in [5, 5.41) is 10.5. The van der Waals surface area contributed by atoms with Gasteiger partial charge in [0.2, 0.25) is 0 Å². The molecule has 0 aliphatic rings. The summed E-state index contributed by atoms with van der Waals surface area (Å²) in [5.41, 5.74) is -3.42. The standard InChI is InChI=1S/C22H13F2N3O7S2/c1-34-15-7-12(24)14(27-20(28)17-13(25-22(27)31)9-35-19(17)21(29)30)8-16(15)36(32,33)26-6-5-10-3-2-4-11(23)18(10)26/h2-9H,1H3,(H,25,31)(H,29,30). The Morgan fingerprint density at radius 2 is 1.89 bits per heavy atom. The maximum absolute atomic E-state index is 15.1. The molecule has 14 heteroatoms. The molecule has 0 saturated heterocycles. The van der Waals surface area contributed by atoms with Crippen LogP contribution in [0.5, 0.6) is 5.75 Å². The van der Waals surface area contributed by atoms with Crippen molar-refractivity contribution in [3.05, 3.63) is 85.3 Å². The number of hydrogen-bond donors (Lipinski definition) is 2. The minimum absolute atomic E-state index is 0.0697. The molecule has 0 amide bonds. The van der Waals surface area contributed by atoms with Crippen LogP contribution in [-0.4, -0.2) is 40.1 Å². The molecule has 0 atom stereocenters. The minimum atomic E-state index is -4.65. The molecule has 3 heterocycles. The molecule has 5 aromatic rings. The van der Waals surface area contributed by atoms with Gasteiger partial charge in [-0.15, -0.1) is 11.3 Å². The second kappa shape index (κ2) is 8.13. The first-order chi connectivity index (χ1) is 17.1. The van der Waals surface area contributed by atoms with Crippen LogP contribution >= 0.6 is 11.3 Å². The number of carboxylic acid groups (broad SMARTS) is 1. The summed E-state index contributed by atoms with van der Waals surface area (Å²) in [7, 11) is -3.57. The van der Waals surface area contributed by atoms with Crippen molar-refractivity contribution in [2.24, 2.45) is 0 Å². The first-order valence-corrected chi connectivity index (χ1v) is 12.3. The summed E-state index contributed by atoms with van der Waals surface area (Å²) < 4.78 is 62.8. The lowest BCUT2D eigenvalue weighted by molar-refractivity contribution is 0.0704. The number of nitrogens with one attached hydrogen (secondary N) is 1. The van der Waals surface area contributed by atoms with Crippen LogP contribution in [0, 0.1) is 11.6 Å². The number of hydrogen-bond acceptors (Lipinski definition) is 7. The number of ether oxygens (including phenoxy) is 1. The van der Waals surface area contributed by atoms with E-state index < -0.39 is 60.1 Å². The summed E-state index contributed by atoms with van der Waals surface area (Å²) in [6, 6.07) is 6.68. The van der Waals surface area contributed by atoms with Crippen molar-refractivity contribution < 1.29 is 31.8 Å². The third-order valence-corrected chi connectivity index (χ3v) is 8.15.